The molecule has 100 valence electrons. The number of ether oxygens (including phenoxy) is 2. The fraction of sp³-hybridized carbons (Fsp3) is 0.467. The molecule has 0 saturated heterocycles. The van der Waals surface area contributed by atoms with E-state index < -0.39 is 0 Å². The topological polar surface area (TPSA) is 38.7 Å². The van der Waals surface area contributed by atoms with E-state index in [-0.39, 0.29) is 0 Å². The van der Waals surface area contributed by atoms with Gasteiger partial charge in [-0.15, -0.1) is 0 Å². The van der Waals surface area contributed by atoms with Crippen molar-refractivity contribution in [2.75, 3.05) is 14.2 Å². The van der Waals surface area contributed by atoms with Gasteiger partial charge < -0.3 is 14.6 Å². The van der Waals surface area contributed by atoms with E-state index in [1.54, 1.807) is 14.2 Å². The molecule has 0 bridgehead atoms. The highest BCUT2D eigenvalue weighted by atomic mass is 16.5. The third-order valence-electron chi connectivity index (χ3n) is 3.00. The molecule has 0 aromatic heterocycles. The van der Waals surface area contributed by atoms with Gasteiger partial charge in [-0.05, 0) is 25.5 Å². The largest absolute Gasteiger partial charge is 0.512 e. The van der Waals surface area contributed by atoms with Gasteiger partial charge in [0.15, 0.2) is 0 Å². The SMILES string of the molecule is CCCCC(O)=C(C)c1c(OC)cccc1OC. The van der Waals surface area contributed by atoms with Crippen molar-refractivity contribution in [2.45, 2.75) is 33.1 Å². The number of rotatable bonds is 6. The van der Waals surface area contributed by atoms with Gasteiger partial charge in [-0.2, -0.15) is 0 Å². The highest BCUT2D eigenvalue weighted by Crippen LogP contribution is 2.36. The molecule has 0 unspecified atom stereocenters. The van der Waals surface area contributed by atoms with Crippen molar-refractivity contribution in [3.63, 3.8) is 0 Å². The van der Waals surface area contributed by atoms with E-state index in [9.17, 15) is 5.11 Å². The second-order valence-electron chi connectivity index (χ2n) is 4.21. The van der Waals surface area contributed by atoms with Crippen LogP contribution in [0.5, 0.6) is 11.5 Å². The Kier molecular flexibility index (Phi) is 5.56. The summed E-state index contributed by atoms with van der Waals surface area (Å²) in [6.07, 6.45) is 2.71. The Labute approximate surface area is 109 Å². The van der Waals surface area contributed by atoms with Crippen molar-refractivity contribution in [1.29, 1.82) is 0 Å². The summed E-state index contributed by atoms with van der Waals surface area (Å²) in [6, 6.07) is 5.61. The van der Waals surface area contributed by atoms with Gasteiger partial charge in [0.05, 0.1) is 25.5 Å². The maximum atomic E-state index is 10.1. The average Bonchev–Trinajstić information content (AvgIpc) is 2.42. The van der Waals surface area contributed by atoms with Crippen molar-refractivity contribution in [3.8, 4) is 11.5 Å². The van der Waals surface area contributed by atoms with Crippen LogP contribution in [0.15, 0.2) is 24.0 Å². The van der Waals surface area contributed by atoms with E-state index in [2.05, 4.69) is 6.92 Å². The number of hydrogen-bond acceptors (Lipinski definition) is 3. The Bertz CT molecular complexity index is 399. The third-order valence-corrected chi connectivity index (χ3v) is 3.00. The average molecular weight is 250 g/mol. The lowest BCUT2D eigenvalue weighted by molar-refractivity contribution is 0.378. The third kappa shape index (κ3) is 3.19. The summed E-state index contributed by atoms with van der Waals surface area (Å²) in [5.41, 5.74) is 1.65. The Hall–Kier alpha value is -1.64. The lowest BCUT2D eigenvalue weighted by Crippen LogP contribution is -1.97. The summed E-state index contributed by atoms with van der Waals surface area (Å²) < 4.78 is 10.7. The van der Waals surface area contributed by atoms with Gasteiger partial charge in [-0.3, -0.25) is 0 Å². The molecule has 0 fully saturated rings. The van der Waals surface area contributed by atoms with Crippen molar-refractivity contribution in [3.05, 3.63) is 29.5 Å². The smallest absolute Gasteiger partial charge is 0.130 e. The second-order valence-corrected chi connectivity index (χ2v) is 4.21. The first-order valence-corrected chi connectivity index (χ1v) is 6.25. The number of allylic oxidation sites excluding steroid dienone is 2. The first kappa shape index (κ1) is 14.4. The zero-order valence-electron chi connectivity index (χ0n) is 11.6. The predicted octanol–water partition coefficient (Wildman–Crippen LogP) is 4.18. The van der Waals surface area contributed by atoms with Gasteiger partial charge in [-0.1, -0.05) is 19.4 Å². The van der Waals surface area contributed by atoms with Crippen LogP contribution in [-0.2, 0) is 0 Å². The number of benzene rings is 1. The molecular weight excluding hydrogens is 228 g/mol. The van der Waals surface area contributed by atoms with E-state index in [1.165, 1.54) is 0 Å². The lowest BCUT2D eigenvalue weighted by Gasteiger charge is -2.14. The summed E-state index contributed by atoms with van der Waals surface area (Å²) in [6.45, 7) is 4.00. The van der Waals surface area contributed by atoms with Crippen molar-refractivity contribution >= 4 is 5.57 Å². The van der Waals surface area contributed by atoms with Gasteiger partial charge in [0.25, 0.3) is 0 Å². The fourth-order valence-corrected chi connectivity index (χ4v) is 1.90. The van der Waals surface area contributed by atoms with Crippen LogP contribution >= 0.6 is 0 Å². The standard InChI is InChI=1S/C15H22O3/c1-5-6-8-12(16)11(2)15-13(17-3)9-7-10-14(15)18-4/h7,9-10,16H,5-6,8H2,1-4H3. The normalized spacial score (nSPS) is 12.0. The Morgan fingerprint density at radius 1 is 1.17 bits per heavy atom. The second kappa shape index (κ2) is 6.94. The molecule has 1 rings (SSSR count). The summed E-state index contributed by atoms with van der Waals surface area (Å²) >= 11 is 0. The van der Waals surface area contributed by atoms with E-state index in [1.807, 2.05) is 25.1 Å². The van der Waals surface area contributed by atoms with Crippen molar-refractivity contribution in [2.24, 2.45) is 0 Å². The minimum Gasteiger partial charge on any atom is -0.512 e. The zero-order chi connectivity index (χ0) is 13.5. The summed E-state index contributed by atoms with van der Waals surface area (Å²) in [5, 5.41) is 10.1. The van der Waals surface area contributed by atoms with Crippen LogP contribution in [0.4, 0.5) is 0 Å². The molecule has 18 heavy (non-hydrogen) atoms. The van der Waals surface area contributed by atoms with Crippen molar-refractivity contribution in [1.82, 2.24) is 0 Å². The van der Waals surface area contributed by atoms with Crippen LogP contribution in [-0.4, -0.2) is 19.3 Å². The van der Waals surface area contributed by atoms with Gasteiger partial charge in [-0.25, -0.2) is 0 Å². The fourth-order valence-electron chi connectivity index (χ4n) is 1.90. The van der Waals surface area contributed by atoms with Crippen LogP contribution in [0.2, 0.25) is 0 Å². The maximum absolute atomic E-state index is 10.1. The molecule has 0 heterocycles. The van der Waals surface area contributed by atoms with Gasteiger partial charge in [0, 0.05) is 12.0 Å². The van der Waals surface area contributed by atoms with Crippen LogP contribution < -0.4 is 9.47 Å². The molecular formula is C15H22O3. The number of methoxy groups -OCH3 is 2. The lowest BCUT2D eigenvalue weighted by atomic mass is 10.0. The molecule has 1 aromatic rings. The Morgan fingerprint density at radius 3 is 2.17 bits per heavy atom. The summed E-state index contributed by atoms with van der Waals surface area (Å²) in [5.74, 6) is 1.84. The van der Waals surface area contributed by atoms with E-state index >= 15 is 0 Å². The number of unbranched alkanes of at least 4 members (excludes halogenated alkanes) is 1. The summed E-state index contributed by atoms with van der Waals surface area (Å²) in [7, 11) is 3.24. The zero-order valence-corrected chi connectivity index (χ0v) is 11.6. The number of hydrogen-bond donors (Lipinski definition) is 1. The molecule has 0 aliphatic carbocycles. The maximum Gasteiger partial charge on any atom is 0.130 e. The molecule has 0 aliphatic rings. The Morgan fingerprint density at radius 2 is 1.72 bits per heavy atom. The van der Waals surface area contributed by atoms with Crippen LogP contribution in [0, 0.1) is 0 Å². The summed E-state index contributed by atoms with van der Waals surface area (Å²) in [4.78, 5) is 0. The molecule has 3 heteroatoms. The molecule has 0 amide bonds. The number of aliphatic hydroxyl groups is 1. The van der Waals surface area contributed by atoms with Gasteiger partial charge >= 0.3 is 0 Å². The van der Waals surface area contributed by atoms with E-state index in [0.717, 1.165) is 35.5 Å². The molecule has 3 nitrogen and oxygen atoms in total. The molecule has 1 aromatic carbocycles. The van der Waals surface area contributed by atoms with E-state index in [4.69, 9.17) is 9.47 Å². The molecule has 0 radical (unpaired) electrons. The molecule has 0 spiro atoms. The molecule has 0 saturated carbocycles. The first-order valence-electron chi connectivity index (χ1n) is 6.25. The molecule has 1 N–H and O–H groups in total. The molecule has 0 aliphatic heterocycles. The van der Waals surface area contributed by atoms with Crippen molar-refractivity contribution < 1.29 is 14.6 Å². The van der Waals surface area contributed by atoms with Crippen LogP contribution in [0.3, 0.4) is 0 Å². The quantitative estimate of drug-likeness (QED) is 0.770. The van der Waals surface area contributed by atoms with Gasteiger partial charge in [0.2, 0.25) is 0 Å². The monoisotopic (exact) mass is 250 g/mol. The Balaban J connectivity index is 3.21. The highest BCUT2D eigenvalue weighted by Gasteiger charge is 2.14. The minimum absolute atomic E-state index is 0.402. The van der Waals surface area contributed by atoms with Crippen LogP contribution in [0.1, 0.15) is 38.7 Å². The van der Waals surface area contributed by atoms with Crippen LogP contribution in [0.25, 0.3) is 5.57 Å². The predicted molar refractivity (Wildman–Crippen MR) is 74.3 cm³/mol. The first-order chi connectivity index (χ1) is 8.65. The molecule has 0 atom stereocenters. The minimum atomic E-state index is 0.402. The highest BCUT2D eigenvalue weighted by molar-refractivity contribution is 5.75. The number of aliphatic hydroxyl groups excluding tert-OH is 1. The van der Waals surface area contributed by atoms with Gasteiger partial charge in [0.1, 0.15) is 11.5 Å². The van der Waals surface area contributed by atoms with E-state index in [0.29, 0.717) is 12.2 Å².